The van der Waals surface area contributed by atoms with Gasteiger partial charge in [0.25, 0.3) is 0 Å². The zero-order valence-corrected chi connectivity index (χ0v) is 8.60. The van der Waals surface area contributed by atoms with Gasteiger partial charge < -0.3 is 10.6 Å². The van der Waals surface area contributed by atoms with E-state index in [1.54, 1.807) is 0 Å². The summed E-state index contributed by atoms with van der Waals surface area (Å²) >= 11 is 0. The number of nitrogens with one attached hydrogen (secondary N) is 2. The van der Waals surface area contributed by atoms with Gasteiger partial charge in [-0.25, -0.2) is 0 Å². The van der Waals surface area contributed by atoms with Crippen LogP contribution in [0.3, 0.4) is 0 Å². The Morgan fingerprint density at radius 3 is 2.62 bits per heavy atom. The average Bonchev–Trinajstić information content (AvgIpc) is 2.57. The van der Waals surface area contributed by atoms with Gasteiger partial charge in [-0.05, 0) is 26.3 Å². The van der Waals surface area contributed by atoms with Crippen LogP contribution in [-0.4, -0.2) is 24.5 Å². The molecule has 1 atom stereocenters. The van der Waals surface area contributed by atoms with Gasteiger partial charge in [0.05, 0.1) is 6.04 Å². The lowest BCUT2D eigenvalue weighted by atomic mass is 10.2. The van der Waals surface area contributed by atoms with Crippen molar-refractivity contribution in [3.63, 3.8) is 0 Å². The van der Waals surface area contributed by atoms with Crippen molar-refractivity contribution in [1.29, 1.82) is 0 Å². The second kappa shape index (κ2) is 5.22. The summed E-state index contributed by atoms with van der Waals surface area (Å²) in [5.74, 6) is 0.147. The van der Waals surface area contributed by atoms with Gasteiger partial charge in [-0.3, -0.25) is 4.79 Å². The minimum atomic E-state index is -0.0504. The number of hydrogen-bond donors (Lipinski definition) is 2. The Morgan fingerprint density at radius 2 is 2.08 bits per heavy atom. The first-order valence-corrected chi connectivity index (χ1v) is 5.27. The third-order valence-corrected chi connectivity index (χ3v) is 2.61. The van der Waals surface area contributed by atoms with E-state index in [1.165, 1.54) is 12.8 Å². The Kier molecular flexibility index (Phi) is 4.22. The molecule has 0 bridgehead atoms. The largest absolute Gasteiger partial charge is 0.352 e. The fraction of sp³-hybridized carbons (Fsp3) is 0.900. The number of carbonyl (C=O) groups is 1. The van der Waals surface area contributed by atoms with Crippen LogP contribution in [0.15, 0.2) is 0 Å². The topological polar surface area (TPSA) is 41.1 Å². The van der Waals surface area contributed by atoms with Gasteiger partial charge in [0.1, 0.15) is 0 Å². The molecule has 0 aromatic heterocycles. The Morgan fingerprint density at radius 1 is 1.46 bits per heavy atom. The van der Waals surface area contributed by atoms with E-state index in [0.717, 1.165) is 19.4 Å². The molecule has 1 fully saturated rings. The molecule has 1 aliphatic carbocycles. The summed E-state index contributed by atoms with van der Waals surface area (Å²) in [4.78, 5) is 11.5. The van der Waals surface area contributed by atoms with Crippen LogP contribution in [0.5, 0.6) is 0 Å². The van der Waals surface area contributed by atoms with Crippen molar-refractivity contribution in [3.8, 4) is 0 Å². The predicted octanol–water partition coefficient (Wildman–Crippen LogP) is 1.04. The first-order valence-electron chi connectivity index (χ1n) is 5.27. The monoisotopic (exact) mass is 184 g/mol. The molecule has 3 nitrogen and oxygen atoms in total. The lowest BCUT2D eigenvalue weighted by Gasteiger charge is -2.16. The minimum Gasteiger partial charge on any atom is -0.352 e. The lowest BCUT2D eigenvalue weighted by Crippen LogP contribution is -2.45. The highest BCUT2D eigenvalue weighted by atomic mass is 16.2. The van der Waals surface area contributed by atoms with Crippen LogP contribution in [0, 0.1) is 0 Å². The van der Waals surface area contributed by atoms with Gasteiger partial charge in [-0.1, -0.05) is 19.8 Å². The molecule has 1 aliphatic rings. The first-order chi connectivity index (χ1) is 6.24. The molecule has 0 aliphatic heterocycles. The highest BCUT2D eigenvalue weighted by molar-refractivity contribution is 5.81. The van der Waals surface area contributed by atoms with Crippen LogP contribution in [0.2, 0.25) is 0 Å². The van der Waals surface area contributed by atoms with E-state index in [-0.39, 0.29) is 11.9 Å². The van der Waals surface area contributed by atoms with Gasteiger partial charge in [0.2, 0.25) is 5.91 Å². The maximum Gasteiger partial charge on any atom is 0.237 e. The summed E-state index contributed by atoms with van der Waals surface area (Å²) in [7, 11) is 0. The van der Waals surface area contributed by atoms with Gasteiger partial charge in [0.15, 0.2) is 0 Å². The van der Waals surface area contributed by atoms with Crippen LogP contribution < -0.4 is 10.6 Å². The van der Waals surface area contributed by atoms with Crippen LogP contribution in [0.1, 0.15) is 39.5 Å². The number of carbonyl (C=O) groups excluding carboxylic acids is 1. The van der Waals surface area contributed by atoms with Crippen LogP contribution in [-0.2, 0) is 4.79 Å². The fourth-order valence-corrected chi connectivity index (χ4v) is 1.80. The maximum absolute atomic E-state index is 11.5. The molecule has 0 spiro atoms. The van der Waals surface area contributed by atoms with Crippen molar-refractivity contribution in [2.45, 2.75) is 51.6 Å². The van der Waals surface area contributed by atoms with Gasteiger partial charge >= 0.3 is 0 Å². The molecule has 1 amide bonds. The summed E-state index contributed by atoms with van der Waals surface area (Å²) in [5, 5.41) is 6.17. The second-order valence-electron chi connectivity index (χ2n) is 3.77. The number of rotatable bonds is 4. The van der Waals surface area contributed by atoms with Gasteiger partial charge in [0, 0.05) is 6.04 Å². The average molecular weight is 184 g/mol. The van der Waals surface area contributed by atoms with E-state index < -0.39 is 0 Å². The molecular formula is C10H20N2O. The second-order valence-corrected chi connectivity index (χ2v) is 3.77. The molecule has 76 valence electrons. The summed E-state index contributed by atoms with van der Waals surface area (Å²) in [5.41, 5.74) is 0. The molecule has 0 radical (unpaired) electrons. The van der Waals surface area contributed by atoms with Crippen molar-refractivity contribution >= 4 is 5.91 Å². The van der Waals surface area contributed by atoms with E-state index in [9.17, 15) is 4.79 Å². The van der Waals surface area contributed by atoms with E-state index in [0.29, 0.717) is 6.04 Å². The first kappa shape index (κ1) is 10.5. The maximum atomic E-state index is 11.5. The number of likely N-dealkylation sites (N-methyl/N-ethyl adjacent to an activating group) is 1. The summed E-state index contributed by atoms with van der Waals surface area (Å²) < 4.78 is 0. The third kappa shape index (κ3) is 3.35. The number of amides is 1. The highest BCUT2D eigenvalue weighted by Gasteiger charge is 2.19. The Hall–Kier alpha value is -0.570. The molecular weight excluding hydrogens is 164 g/mol. The molecule has 1 unspecified atom stereocenters. The Bertz CT molecular complexity index is 164. The molecule has 3 heteroatoms. The number of hydrogen-bond acceptors (Lipinski definition) is 2. The summed E-state index contributed by atoms with van der Waals surface area (Å²) in [6.07, 6.45) is 4.84. The van der Waals surface area contributed by atoms with Gasteiger partial charge in [-0.2, -0.15) is 0 Å². The van der Waals surface area contributed by atoms with Crippen molar-refractivity contribution in [3.05, 3.63) is 0 Å². The van der Waals surface area contributed by atoms with Crippen LogP contribution in [0.25, 0.3) is 0 Å². The van der Waals surface area contributed by atoms with Crippen molar-refractivity contribution in [2.75, 3.05) is 6.54 Å². The Balaban J connectivity index is 2.22. The smallest absolute Gasteiger partial charge is 0.237 e. The quantitative estimate of drug-likeness (QED) is 0.685. The normalized spacial score (nSPS) is 20.2. The van der Waals surface area contributed by atoms with Crippen LogP contribution in [0.4, 0.5) is 0 Å². The lowest BCUT2D eigenvalue weighted by molar-refractivity contribution is -0.123. The minimum absolute atomic E-state index is 0.0504. The molecule has 0 saturated heterocycles. The molecule has 1 rings (SSSR count). The Labute approximate surface area is 80.3 Å². The van der Waals surface area contributed by atoms with Crippen molar-refractivity contribution < 1.29 is 4.79 Å². The van der Waals surface area contributed by atoms with Crippen LogP contribution >= 0.6 is 0 Å². The molecule has 13 heavy (non-hydrogen) atoms. The zero-order chi connectivity index (χ0) is 9.68. The van der Waals surface area contributed by atoms with E-state index in [4.69, 9.17) is 0 Å². The standard InChI is InChI=1S/C10H20N2O/c1-3-11-8(2)10(13)12-9-6-4-5-7-9/h8-9,11H,3-7H2,1-2H3,(H,12,13). The molecule has 0 aromatic carbocycles. The van der Waals surface area contributed by atoms with Crippen molar-refractivity contribution in [2.24, 2.45) is 0 Å². The van der Waals surface area contributed by atoms with Gasteiger partial charge in [-0.15, -0.1) is 0 Å². The molecule has 2 N–H and O–H groups in total. The van der Waals surface area contributed by atoms with E-state index in [1.807, 2.05) is 13.8 Å². The summed E-state index contributed by atoms with van der Waals surface area (Å²) in [6, 6.07) is 0.388. The highest BCUT2D eigenvalue weighted by Crippen LogP contribution is 2.17. The van der Waals surface area contributed by atoms with E-state index >= 15 is 0 Å². The molecule has 1 saturated carbocycles. The predicted molar refractivity (Wildman–Crippen MR) is 53.5 cm³/mol. The van der Waals surface area contributed by atoms with E-state index in [2.05, 4.69) is 10.6 Å². The van der Waals surface area contributed by atoms with Crippen molar-refractivity contribution in [1.82, 2.24) is 10.6 Å². The zero-order valence-electron chi connectivity index (χ0n) is 8.60. The fourth-order valence-electron chi connectivity index (χ4n) is 1.80. The molecule has 0 heterocycles. The SMILES string of the molecule is CCNC(C)C(=O)NC1CCCC1. The molecule has 0 aromatic rings. The third-order valence-electron chi connectivity index (χ3n) is 2.61. The summed E-state index contributed by atoms with van der Waals surface area (Å²) in [6.45, 7) is 4.77.